The summed E-state index contributed by atoms with van der Waals surface area (Å²) in [6.07, 6.45) is 1.55. The zero-order valence-corrected chi connectivity index (χ0v) is 8.29. The maximum absolute atomic E-state index is 13.1. The van der Waals surface area contributed by atoms with E-state index in [1.807, 2.05) is 6.92 Å². The molecular weight excluding hydrogens is 199 g/mol. The van der Waals surface area contributed by atoms with E-state index in [9.17, 15) is 14.5 Å². The summed E-state index contributed by atoms with van der Waals surface area (Å²) >= 11 is 0. The smallest absolute Gasteiger partial charge is 0.295 e. The van der Waals surface area contributed by atoms with Gasteiger partial charge in [0, 0.05) is 6.04 Å². The van der Waals surface area contributed by atoms with Gasteiger partial charge in [-0.3, -0.25) is 10.1 Å². The predicted molar refractivity (Wildman–Crippen MR) is 54.5 cm³/mol. The molecule has 5 heteroatoms. The van der Waals surface area contributed by atoms with Crippen molar-refractivity contribution in [3.8, 4) is 0 Å². The fraction of sp³-hybridized carbons (Fsp3) is 0.400. The summed E-state index contributed by atoms with van der Waals surface area (Å²) < 4.78 is 13.1. The number of nitrogens with one attached hydrogen (secondary N) is 1. The number of benzene rings is 1. The molecule has 1 N–H and O–H groups in total. The third-order valence-electron chi connectivity index (χ3n) is 2.60. The van der Waals surface area contributed by atoms with Crippen LogP contribution in [0.5, 0.6) is 0 Å². The van der Waals surface area contributed by atoms with Crippen LogP contribution in [-0.2, 0) is 6.42 Å². The van der Waals surface area contributed by atoms with Crippen molar-refractivity contribution in [2.75, 3.05) is 5.32 Å². The van der Waals surface area contributed by atoms with Crippen LogP contribution in [0.4, 0.5) is 15.8 Å². The first kappa shape index (κ1) is 9.89. The van der Waals surface area contributed by atoms with Crippen LogP contribution in [0.2, 0.25) is 0 Å². The van der Waals surface area contributed by atoms with Crippen LogP contribution in [0.1, 0.15) is 18.9 Å². The summed E-state index contributed by atoms with van der Waals surface area (Å²) in [6, 6.07) is 2.52. The number of nitrogens with zero attached hydrogens (tertiary/aromatic N) is 1. The predicted octanol–water partition coefficient (Wildman–Crippen LogP) is 2.48. The number of nitro benzene ring substituents is 1. The third-order valence-corrected chi connectivity index (χ3v) is 2.60. The standard InChI is InChI=1S/C10H11FN2O2/c1-6-2-3-7-4-8(11)5-9(13(14)15)10(7)12-6/h4-6,12H,2-3H2,1H3. The molecule has 1 aromatic carbocycles. The van der Waals surface area contributed by atoms with Gasteiger partial charge in [0.2, 0.25) is 0 Å². The molecule has 1 atom stereocenters. The largest absolute Gasteiger partial charge is 0.377 e. The van der Waals surface area contributed by atoms with E-state index >= 15 is 0 Å². The third kappa shape index (κ3) is 1.77. The second-order valence-electron chi connectivity index (χ2n) is 3.80. The molecule has 0 aromatic heterocycles. The summed E-state index contributed by atoms with van der Waals surface area (Å²) in [4.78, 5) is 10.2. The lowest BCUT2D eigenvalue weighted by Gasteiger charge is -2.23. The molecule has 0 radical (unpaired) electrons. The summed E-state index contributed by atoms with van der Waals surface area (Å²) in [5.41, 5.74) is 0.997. The van der Waals surface area contributed by atoms with E-state index in [1.165, 1.54) is 6.07 Å². The van der Waals surface area contributed by atoms with E-state index in [1.54, 1.807) is 0 Å². The second kappa shape index (κ2) is 3.49. The van der Waals surface area contributed by atoms with Gasteiger partial charge in [0.25, 0.3) is 5.69 Å². The first-order valence-electron chi connectivity index (χ1n) is 4.81. The van der Waals surface area contributed by atoms with Gasteiger partial charge in [-0.2, -0.15) is 0 Å². The molecule has 0 fully saturated rings. The van der Waals surface area contributed by atoms with Crippen LogP contribution >= 0.6 is 0 Å². The quantitative estimate of drug-likeness (QED) is 0.572. The summed E-state index contributed by atoms with van der Waals surface area (Å²) in [6.45, 7) is 1.95. The van der Waals surface area contributed by atoms with Gasteiger partial charge in [-0.15, -0.1) is 0 Å². The molecular formula is C10H11FN2O2. The number of nitro groups is 1. The molecule has 0 saturated carbocycles. The highest BCUT2D eigenvalue weighted by Crippen LogP contribution is 2.34. The minimum atomic E-state index is -0.549. The van der Waals surface area contributed by atoms with E-state index < -0.39 is 10.7 Å². The van der Waals surface area contributed by atoms with Crippen molar-refractivity contribution < 1.29 is 9.31 Å². The van der Waals surface area contributed by atoms with Crippen molar-refractivity contribution in [2.45, 2.75) is 25.8 Å². The van der Waals surface area contributed by atoms with Crippen molar-refractivity contribution >= 4 is 11.4 Å². The molecule has 0 aliphatic carbocycles. The average molecular weight is 210 g/mol. The molecule has 2 rings (SSSR count). The van der Waals surface area contributed by atoms with Crippen LogP contribution in [0.15, 0.2) is 12.1 Å². The van der Waals surface area contributed by atoms with Gasteiger partial charge < -0.3 is 5.32 Å². The van der Waals surface area contributed by atoms with E-state index in [0.717, 1.165) is 12.5 Å². The molecule has 0 spiro atoms. The highest BCUT2D eigenvalue weighted by molar-refractivity contribution is 5.68. The molecule has 1 heterocycles. The monoisotopic (exact) mass is 210 g/mol. The van der Waals surface area contributed by atoms with Gasteiger partial charge in [0.1, 0.15) is 11.5 Å². The van der Waals surface area contributed by atoms with Crippen LogP contribution < -0.4 is 5.32 Å². The van der Waals surface area contributed by atoms with Gasteiger partial charge in [0.05, 0.1) is 11.0 Å². The minimum absolute atomic E-state index is 0.170. The van der Waals surface area contributed by atoms with Crippen molar-refractivity contribution in [1.82, 2.24) is 0 Å². The second-order valence-corrected chi connectivity index (χ2v) is 3.80. The molecule has 1 aliphatic heterocycles. The summed E-state index contributed by atoms with van der Waals surface area (Å²) in [5, 5.41) is 13.8. The van der Waals surface area contributed by atoms with Crippen LogP contribution in [0, 0.1) is 15.9 Å². The highest BCUT2D eigenvalue weighted by atomic mass is 19.1. The number of halogens is 1. The van der Waals surface area contributed by atoms with Gasteiger partial charge in [0.15, 0.2) is 0 Å². The Hall–Kier alpha value is -1.65. The Labute approximate surface area is 86.3 Å². The van der Waals surface area contributed by atoms with Crippen molar-refractivity contribution in [2.24, 2.45) is 0 Å². The van der Waals surface area contributed by atoms with Crippen LogP contribution in [0.3, 0.4) is 0 Å². The molecule has 0 bridgehead atoms. The number of hydrogen-bond acceptors (Lipinski definition) is 3. The zero-order valence-electron chi connectivity index (χ0n) is 8.29. The first-order chi connectivity index (χ1) is 7.08. The maximum Gasteiger partial charge on any atom is 0.295 e. The lowest BCUT2D eigenvalue weighted by Crippen LogP contribution is -2.23. The van der Waals surface area contributed by atoms with Crippen molar-refractivity contribution in [1.29, 1.82) is 0 Å². The topological polar surface area (TPSA) is 55.2 Å². The van der Waals surface area contributed by atoms with Crippen molar-refractivity contribution in [3.63, 3.8) is 0 Å². The molecule has 0 amide bonds. The Balaban J connectivity index is 2.55. The maximum atomic E-state index is 13.1. The van der Waals surface area contributed by atoms with Crippen LogP contribution in [0.25, 0.3) is 0 Å². The van der Waals surface area contributed by atoms with Crippen molar-refractivity contribution in [3.05, 3.63) is 33.6 Å². The minimum Gasteiger partial charge on any atom is -0.377 e. The fourth-order valence-corrected chi connectivity index (χ4v) is 1.85. The molecule has 4 nitrogen and oxygen atoms in total. The number of fused-ring (bicyclic) bond motifs is 1. The lowest BCUT2D eigenvalue weighted by molar-refractivity contribution is -0.384. The lowest BCUT2D eigenvalue weighted by atomic mass is 9.98. The Kier molecular flexibility index (Phi) is 2.30. The Bertz CT molecular complexity index is 420. The Morgan fingerprint density at radius 2 is 2.33 bits per heavy atom. The van der Waals surface area contributed by atoms with Gasteiger partial charge in [-0.25, -0.2) is 4.39 Å². The van der Waals surface area contributed by atoms with E-state index in [0.29, 0.717) is 17.7 Å². The van der Waals surface area contributed by atoms with Gasteiger partial charge in [-0.05, 0) is 31.4 Å². The van der Waals surface area contributed by atoms with E-state index in [4.69, 9.17) is 0 Å². The number of anilines is 1. The van der Waals surface area contributed by atoms with E-state index in [2.05, 4.69) is 5.32 Å². The van der Waals surface area contributed by atoms with Gasteiger partial charge >= 0.3 is 0 Å². The fourth-order valence-electron chi connectivity index (χ4n) is 1.85. The summed E-state index contributed by atoms with van der Waals surface area (Å²) in [5.74, 6) is -0.545. The molecule has 80 valence electrons. The van der Waals surface area contributed by atoms with Gasteiger partial charge in [-0.1, -0.05) is 0 Å². The molecule has 15 heavy (non-hydrogen) atoms. The average Bonchev–Trinajstić information content (AvgIpc) is 2.17. The zero-order chi connectivity index (χ0) is 11.0. The molecule has 1 aliphatic rings. The Morgan fingerprint density at radius 3 is 3.00 bits per heavy atom. The molecule has 1 unspecified atom stereocenters. The molecule has 0 saturated heterocycles. The number of hydrogen-bond donors (Lipinski definition) is 1. The van der Waals surface area contributed by atoms with Crippen LogP contribution in [-0.4, -0.2) is 11.0 Å². The SMILES string of the molecule is CC1CCc2cc(F)cc([N+](=O)[O-])c2N1. The number of aryl methyl sites for hydroxylation is 1. The first-order valence-corrected chi connectivity index (χ1v) is 4.81. The normalized spacial score (nSPS) is 19.2. The number of rotatable bonds is 1. The van der Waals surface area contributed by atoms with E-state index in [-0.39, 0.29) is 11.7 Å². The highest BCUT2D eigenvalue weighted by Gasteiger charge is 2.24. The Morgan fingerprint density at radius 1 is 1.60 bits per heavy atom. The molecule has 1 aromatic rings. The summed E-state index contributed by atoms with van der Waals surface area (Å²) in [7, 11) is 0.